The van der Waals surface area contributed by atoms with Crippen LogP contribution in [-0.4, -0.2) is 54.2 Å². The summed E-state index contributed by atoms with van der Waals surface area (Å²) in [6.45, 7) is 3.84. The molecule has 1 saturated heterocycles. The lowest BCUT2D eigenvalue weighted by Crippen LogP contribution is -2.44. The van der Waals surface area contributed by atoms with Crippen LogP contribution in [0, 0.1) is 0 Å². The molecule has 1 aliphatic heterocycles. The number of nitrogens with one attached hydrogen (secondary N) is 1. The Kier molecular flexibility index (Phi) is 4.73. The number of carbonyl (C=O) groups excluding carboxylic acids is 1. The fourth-order valence-corrected chi connectivity index (χ4v) is 2.50. The molecule has 2 heterocycles. The lowest BCUT2D eigenvalue weighted by Gasteiger charge is -2.32. The number of hydrogen-bond donors (Lipinski definition) is 1. The average molecular weight is 332 g/mol. The van der Waals surface area contributed by atoms with Gasteiger partial charge in [0.15, 0.2) is 11.5 Å². The summed E-state index contributed by atoms with van der Waals surface area (Å²) in [5.41, 5.74) is 0.960. The van der Waals surface area contributed by atoms with Crippen LogP contribution in [0.3, 0.4) is 0 Å². The molecule has 3 rings (SSSR count). The number of nitrogens with zero attached hydrogens (tertiary/aromatic N) is 4. The first-order valence-corrected chi connectivity index (χ1v) is 7.84. The van der Waals surface area contributed by atoms with Crippen molar-refractivity contribution in [3.8, 4) is 0 Å². The second-order valence-corrected chi connectivity index (χ2v) is 5.96. The summed E-state index contributed by atoms with van der Waals surface area (Å²) < 4.78 is 0. The van der Waals surface area contributed by atoms with Gasteiger partial charge in [-0.2, -0.15) is 0 Å². The Labute approximate surface area is 140 Å². The van der Waals surface area contributed by atoms with Crippen LogP contribution in [0.15, 0.2) is 36.4 Å². The van der Waals surface area contributed by atoms with E-state index in [1.807, 2.05) is 6.07 Å². The number of aromatic nitrogens is 2. The average Bonchev–Trinajstić information content (AvgIpc) is 2.58. The predicted molar refractivity (Wildman–Crippen MR) is 91.1 cm³/mol. The Morgan fingerprint density at radius 3 is 2.35 bits per heavy atom. The van der Waals surface area contributed by atoms with E-state index in [-0.39, 0.29) is 11.6 Å². The smallest absolute Gasteiger partial charge is 0.276 e. The highest BCUT2D eigenvalue weighted by Crippen LogP contribution is 2.15. The van der Waals surface area contributed by atoms with Gasteiger partial charge in [0.1, 0.15) is 0 Å². The Hall–Kier alpha value is -2.18. The highest BCUT2D eigenvalue weighted by atomic mass is 35.5. The number of rotatable bonds is 3. The molecule has 1 aliphatic rings. The van der Waals surface area contributed by atoms with Crippen LogP contribution in [0.4, 0.5) is 11.5 Å². The van der Waals surface area contributed by atoms with Gasteiger partial charge < -0.3 is 15.1 Å². The molecule has 0 saturated carbocycles. The number of halogens is 1. The number of anilines is 2. The van der Waals surface area contributed by atoms with E-state index in [9.17, 15) is 4.79 Å². The van der Waals surface area contributed by atoms with Crippen LogP contribution in [0.1, 0.15) is 10.5 Å². The van der Waals surface area contributed by atoms with Crippen LogP contribution in [-0.2, 0) is 0 Å². The first kappa shape index (κ1) is 15.7. The van der Waals surface area contributed by atoms with Crippen LogP contribution in [0.2, 0.25) is 5.02 Å². The molecule has 1 amide bonds. The Bertz CT molecular complexity index is 666. The maximum Gasteiger partial charge on any atom is 0.276 e. The van der Waals surface area contributed by atoms with Gasteiger partial charge in [-0.15, -0.1) is 10.2 Å². The summed E-state index contributed by atoms with van der Waals surface area (Å²) >= 11 is 5.82. The van der Waals surface area contributed by atoms with Crippen molar-refractivity contribution in [2.45, 2.75) is 0 Å². The Morgan fingerprint density at radius 2 is 1.74 bits per heavy atom. The molecule has 1 aromatic heterocycles. The van der Waals surface area contributed by atoms with Gasteiger partial charge in [-0.3, -0.25) is 4.79 Å². The van der Waals surface area contributed by atoms with E-state index >= 15 is 0 Å². The molecule has 23 heavy (non-hydrogen) atoms. The van der Waals surface area contributed by atoms with E-state index in [2.05, 4.69) is 32.4 Å². The molecule has 0 bridgehead atoms. The van der Waals surface area contributed by atoms with Crippen molar-refractivity contribution in [1.82, 2.24) is 15.1 Å². The highest BCUT2D eigenvalue weighted by Gasteiger charge is 2.16. The van der Waals surface area contributed by atoms with Gasteiger partial charge in [0, 0.05) is 36.9 Å². The Morgan fingerprint density at radius 1 is 1.04 bits per heavy atom. The topological polar surface area (TPSA) is 61.4 Å². The second-order valence-electron chi connectivity index (χ2n) is 5.53. The molecule has 0 spiro atoms. The minimum atomic E-state index is -0.287. The molecule has 0 atom stereocenters. The summed E-state index contributed by atoms with van der Waals surface area (Å²) in [6, 6.07) is 10.5. The molecule has 6 nitrogen and oxygen atoms in total. The number of piperazine rings is 1. The van der Waals surface area contributed by atoms with Gasteiger partial charge >= 0.3 is 0 Å². The third-order valence-corrected chi connectivity index (χ3v) is 4.06. The maximum atomic E-state index is 12.2. The molecule has 0 radical (unpaired) electrons. The van der Waals surface area contributed by atoms with Crippen molar-refractivity contribution in [3.63, 3.8) is 0 Å². The first-order valence-electron chi connectivity index (χ1n) is 7.46. The SMILES string of the molecule is CN1CCN(c2ccc(C(=O)Nc3ccc(Cl)cc3)nn2)CC1. The maximum absolute atomic E-state index is 12.2. The van der Waals surface area contributed by atoms with Gasteiger partial charge in [0.25, 0.3) is 5.91 Å². The predicted octanol–water partition coefficient (Wildman–Crippen LogP) is 2.13. The summed E-state index contributed by atoms with van der Waals surface area (Å²) in [7, 11) is 2.10. The third-order valence-electron chi connectivity index (χ3n) is 3.81. The van der Waals surface area contributed by atoms with E-state index < -0.39 is 0 Å². The zero-order valence-electron chi connectivity index (χ0n) is 12.9. The van der Waals surface area contributed by atoms with E-state index in [1.54, 1.807) is 30.3 Å². The molecule has 1 fully saturated rings. The standard InChI is InChI=1S/C16H18ClN5O/c1-21-8-10-22(11-9-21)15-7-6-14(19-20-15)16(23)18-13-4-2-12(17)3-5-13/h2-7H,8-11H2,1H3,(H,18,23). The molecule has 0 unspecified atom stereocenters. The molecule has 2 aromatic rings. The van der Waals surface area contributed by atoms with Gasteiger partial charge in [-0.05, 0) is 43.4 Å². The number of hydrogen-bond acceptors (Lipinski definition) is 5. The minimum Gasteiger partial charge on any atom is -0.353 e. The van der Waals surface area contributed by atoms with Crippen LogP contribution in [0.25, 0.3) is 0 Å². The molecule has 7 heteroatoms. The Balaban J connectivity index is 1.64. The van der Waals surface area contributed by atoms with Crippen molar-refractivity contribution < 1.29 is 4.79 Å². The number of likely N-dealkylation sites (N-methyl/N-ethyl adjacent to an activating group) is 1. The fourth-order valence-electron chi connectivity index (χ4n) is 2.38. The third kappa shape index (κ3) is 3.97. The van der Waals surface area contributed by atoms with Crippen LogP contribution >= 0.6 is 11.6 Å². The molecule has 120 valence electrons. The molecular formula is C16H18ClN5O. The summed E-state index contributed by atoms with van der Waals surface area (Å²) in [6.07, 6.45) is 0. The van der Waals surface area contributed by atoms with Crippen molar-refractivity contribution in [2.75, 3.05) is 43.4 Å². The summed E-state index contributed by atoms with van der Waals surface area (Å²) in [5.74, 6) is 0.519. The van der Waals surface area contributed by atoms with E-state index in [4.69, 9.17) is 11.6 Å². The normalized spacial score (nSPS) is 15.5. The first-order chi connectivity index (χ1) is 11.1. The molecule has 0 aliphatic carbocycles. The van der Waals surface area contributed by atoms with E-state index in [0.717, 1.165) is 32.0 Å². The zero-order valence-corrected chi connectivity index (χ0v) is 13.6. The minimum absolute atomic E-state index is 0.287. The summed E-state index contributed by atoms with van der Waals surface area (Å²) in [5, 5.41) is 11.6. The quantitative estimate of drug-likeness (QED) is 0.933. The second kappa shape index (κ2) is 6.93. The van der Waals surface area contributed by atoms with Crippen LogP contribution < -0.4 is 10.2 Å². The highest BCUT2D eigenvalue weighted by molar-refractivity contribution is 6.30. The lowest BCUT2D eigenvalue weighted by atomic mass is 10.3. The van der Waals surface area contributed by atoms with E-state index in [1.165, 1.54) is 0 Å². The molecule has 1 N–H and O–H groups in total. The van der Waals surface area contributed by atoms with Crippen molar-refractivity contribution in [3.05, 3.63) is 47.1 Å². The fraction of sp³-hybridized carbons (Fsp3) is 0.312. The van der Waals surface area contributed by atoms with Crippen molar-refractivity contribution >= 4 is 29.0 Å². The summed E-state index contributed by atoms with van der Waals surface area (Å²) in [4.78, 5) is 16.6. The lowest BCUT2D eigenvalue weighted by molar-refractivity contribution is 0.102. The van der Waals surface area contributed by atoms with Gasteiger partial charge in [0.05, 0.1) is 0 Å². The molecule has 1 aromatic carbocycles. The van der Waals surface area contributed by atoms with Gasteiger partial charge in [0.2, 0.25) is 0 Å². The largest absolute Gasteiger partial charge is 0.353 e. The zero-order chi connectivity index (χ0) is 16.2. The number of carbonyl (C=O) groups is 1. The van der Waals surface area contributed by atoms with Gasteiger partial charge in [-0.1, -0.05) is 11.6 Å². The van der Waals surface area contributed by atoms with Crippen LogP contribution in [0.5, 0.6) is 0 Å². The molecular weight excluding hydrogens is 314 g/mol. The number of benzene rings is 1. The van der Waals surface area contributed by atoms with Crippen molar-refractivity contribution in [1.29, 1.82) is 0 Å². The number of amides is 1. The van der Waals surface area contributed by atoms with Crippen molar-refractivity contribution in [2.24, 2.45) is 0 Å². The van der Waals surface area contributed by atoms with Gasteiger partial charge in [-0.25, -0.2) is 0 Å². The monoisotopic (exact) mass is 331 g/mol. The van der Waals surface area contributed by atoms with E-state index in [0.29, 0.717) is 10.7 Å².